The number of aliphatic carboxylic acids is 1. The summed E-state index contributed by atoms with van der Waals surface area (Å²) in [6, 6.07) is -0.781. The van der Waals surface area contributed by atoms with Gasteiger partial charge in [-0.1, -0.05) is 0 Å². The van der Waals surface area contributed by atoms with E-state index in [1.807, 2.05) is 20.8 Å². The first kappa shape index (κ1) is 15.4. The summed E-state index contributed by atoms with van der Waals surface area (Å²) in [5.74, 6) is -1.60. The minimum Gasteiger partial charge on any atom is -0.481 e. The Morgan fingerprint density at radius 2 is 2.11 bits per heavy atom. The normalized spacial score (nSPS) is 20.8. The van der Waals surface area contributed by atoms with Gasteiger partial charge in [-0.3, -0.25) is 19.3 Å². The van der Waals surface area contributed by atoms with Gasteiger partial charge >= 0.3 is 5.97 Å². The molecule has 1 aliphatic heterocycles. The van der Waals surface area contributed by atoms with E-state index in [0.717, 1.165) is 0 Å². The average molecular weight is 271 g/mol. The predicted octanol–water partition coefficient (Wildman–Crippen LogP) is -0.824. The van der Waals surface area contributed by atoms with Crippen molar-refractivity contribution in [2.75, 3.05) is 19.6 Å². The summed E-state index contributed by atoms with van der Waals surface area (Å²) < 4.78 is 0. The van der Waals surface area contributed by atoms with E-state index in [0.29, 0.717) is 13.1 Å². The highest BCUT2D eigenvalue weighted by Gasteiger charge is 2.33. The molecular formula is C12H21N3O4. The number of amides is 2. The van der Waals surface area contributed by atoms with Crippen LogP contribution in [0.3, 0.4) is 0 Å². The Kier molecular flexibility index (Phi) is 4.88. The molecule has 2 amide bonds. The maximum absolute atomic E-state index is 11.8. The first-order valence-corrected chi connectivity index (χ1v) is 6.23. The standard InChI is InChI=1S/C12H21N3O4/c1-12(2,3)14-9(16)7-15-5-4-13-11(19)8(15)6-10(17)18/h8H,4-7H2,1-3H3,(H,13,19)(H,14,16)(H,17,18). The average Bonchev–Trinajstić information content (AvgIpc) is 2.19. The first-order chi connectivity index (χ1) is 8.69. The zero-order valence-electron chi connectivity index (χ0n) is 11.5. The van der Waals surface area contributed by atoms with Gasteiger partial charge in [-0.2, -0.15) is 0 Å². The third-order valence-corrected chi connectivity index (χ3v) is 2.67. The highest BCUT2D eigenvalue weighted by Crippen LogP contribution is 2.09. The summed E-state index contributed by atoms with van der Waals surface area (Å²) in [5.41, 5.74) is -0.350. The van der Waals surface area contributed by atoms with Crippen LogP contribution in [0, 0.1) is 0 Å². The van der Waals surface area contributed by atoms with Crippen molar-refractivity contribution in [2.24, 2.45) is 0 Å². The van der Waals surface area contributed by atoms with E-state index >= 15 is 0 Å². The van der Waals surface area contributed by atoms with Crippen LogP contribution in [-0.4, -0.2) is 59.0 Å². The van der Waals surface area contributed by atoms with Crippen LogP contribution in [0.2, 0.25) is 0 Å². The van der Waals surface area contributed by atoms with Crippen molar-refractivity contribution in [1.29, 1.82) is 0 Å². The van der Waals surface area contributed by atoms with Gasteiger partial charge in [0.1, 0.15) is 6.04 Å². The number of hydrogen-bond donors (Lipinski definition) is 3. The number of nitrogens with zero attached hydrogens (tertiary/aromatic N) is 1. The minimum atomic E-state index is -1.05. The largest absolute Gasteiger partial charge is 0.481 e. The number of hydrogen-bond acceptors (Lipinski definition) is 4. The van der Waals surface area contributed by atoms with Crippen LogP contribution in [-0.2, 0) is 14.4 Å². The molecule has 7 heteroatoms. The second kappa shape index (κ2) is 6.01. The molecule has 0 bridgehead atoms. The van der Waals surface area contributed by atoms with Crippen molar-refractivity contribution in [2.45, 2.75) is 38.8 Å². The molecule has 0 radical (unpaired) electrons. The van der Waals surface area contributed by atoms with Crippen molar-refractivity contribution < 1.29 is 19.5 Å². The van der Waals surface area contributed by atoms with Gasteiger partial charge < -0.3 is 15.7 Å². The van der Waals surface area contributed by atoms with Crippen LogP contribution in [0.25, 0.3) is 0 Å². The van der Waals surface area contributed by atoms with Crippen molar-refractivity contribution in [3.05, 3.63) is 0 Å². The SMILES string of the molecule is CC(C)(C)NC(=O)CN1CCNC(=O)C1CC(=O)O. The van der Waals surface area contributed by atoms with Gasteiger partial charge in [0.25, 0.3) is 0 Å². The lowest BCUT2D eigenvalue weighted by atomic mass is 10.1. The van der Waals surface area contributed by atoms with Gasteiger partial charge in [0.2, 0.25) is 11.8 Å². The maximum Gasteiger partial charge on any atom is 0.305 e. The molecule has 0 aliphatic carbocycles. The van der Waals surface area contributed by atoms with Crippen LogP contribution in [0.1, 0.15) is 27.2 Å². The molecule has 1 heterocycles. The summed E-state index contributed by atoms with van der Waals surface area (Å²) in [4.78, 5) is 35.9. The molecule has 0 aromatic heterocycles. The molecule has 1 atom stereocenters. The molecule has 19 heavy (non-hydrogen) atoms. The molecule has 0 aromatic rings. The molecule has 7 nitrogen and oxygen atoms in total. The minimum absolute atomic E-state index is 0.0304. The van der Waals surface area contributed by atoms with Crippen molar-refractivity contribution in [1.82, 2.24) is 15.5 Å². The third kappa shape index (κ3) is 5.25. The third-order valence-electron chi connectivity index (χ3n) is 2.67. The van der Waals surface area contributed by atoms with Crippen LogP contribution < -0.4 is 10.6 Å². The molecule has 1 unspecified atom stereocenters. The molecule has 3 N–H and O–H groups in total. The van der Waals surface area contributed by atoms with Crippen LogP contribution in [0.15, 0.2) is 0 Å². The number of carboxylic acid groups (broad SMARTS) is 1. The zero-order valence-corrected chi connectivity index (χ0v) is 11.5. The highest BCUT2D eigenvalue weighted by atomic mass is 16.4. The number of carbonyl (C=O) groups is 3. The fourth-order valence-electron chi connectivity index (χ4n) is 1.98. The second-order valence-corrected chi connectivity index (χ2v) is 5.67. The lowest BCUT2D eigenvalue weighted by Gasteiger charge is -2.34. The van der Waals surface area contributed by atoms with Crippen molar-refractivity contribution >= 4 is 17.8 Å². The van der Waals surface area contributed by atoms with Gasteiger partial charge in [0, 0.05) is 18.6 Å². The predicted molar refractivity (Wildman–Crippen MR) is 68.5 cm³/mol. The van der Waals surface area contributed by atoms with Gasteiger partial charge in [-0.25, -0.2) is 0 Å². The summed E-state index contributed by atoms with van der Waals surface area (Å²) in [5, 5.41) is 14.2. The molecular weight excluding hydrogens is 250 g/mol. The van der Waals surface area contributed by atoms with Gasteiger partial charge in [0.05, 0.1) is 13.0 Å². The van der Waals surface area contributed by atoms with Gasteiger partial charge in [0.15, 0.2) is 0 Å². The molecule has 1 aliphatic rings. The summed E-state index contributed by atoms with van der Waals surface area (Å²) in [7, 11) is 0. The second-order valence-electron chi connectivity index (χ2n) is 5.67. The quantitative estimate of drug-likeness (QED) is 0.620. The molecule has 108 valence electrons. The van der Waals surface area contributed by atoms with E-state index in [4.69, 9.17) is 5.11 Å². The Bertz CT molecular complexity index is 376. The Hall–Kier alpha value is -1.63. The highest BCUT2D eigenvalue weighted by molar-refractivity contribution is 5.88. The number of piperazine rings is 1. The fourth-order valence-corrected chi connectivity index (χ4v) is 1.98. The Balaban J connectivity index is 2.65. The first-order valence-electron chi connectivity index (χ1n) is 6.23. The molecule has 1 saturated heterocycles. The summed E-state index contributed by atoms with van der Waals surface area (Å²) >= 11 is 0. The zero-order chi connectivity index (χ0) is 14.6. The Morgan fingerprint density at radius 3 is 2.63 bits per heavy atom. The molecule has 0 spiro atoms. The van der Waals surface area contributed by atoms with E-state index in [1.54, 1.807) is 4.90 Å². The Morgan fingerprint density at radius 1 is 1.47 bits per heavy atom. The smallest absolute Gasteiger partial charge is 0.305 e. The Labute approximate surface area is 112 Å². The number of nitrogens with one attached hydrogen (secondary N) is 2. The van der Waals surface area contributed by atoms with E-state index in [1.165, 1.54) is 0 Å². The lowest BCUT2D eigenvalue weighted by Crippen LogP contribution is -2.58. The van der Waals surface area contributed by atoms with Crippen LogP contribution in [0.4, 0.5) is 0 Å². The van der Waals surface area contributed by atoms with Gasteiger partial charge in [-0.05, 0) is 20.8 Å². The maximum atomic E-state index is 11.8. The van der Waals surface area contributed by atoms with Crippen LogP contribution in [0.5, 0.6) is 0 Å². The van der Waals surface area contributed by atoms with Crippen molar-refractivity contribution in [3.63, 3.8) is 0 Å². The number of carbonyl (C=O) groups excluding carboxylic acids is 2. The topological polar surface area (TPSA) is 98.7 Å². The van der Waals surface area contributed by atoms with E-state index in [2.05, 4.69) is 10.6 Å². The summed E-state index contributed by atoms with van der Waals surface area (Å²) in [6.07, 6.45) is -0.297. The molecule has 0 aromatic carbocycles. The lowest BCUT2D eigenvalue weighted by molar-refractivity contribution is -0.144. The van der Waals surface area contributed by atoms with E-state index in [9.17, 15) is 14.4 Å². The van der Waals surface area contributed by atoms with E-state index < -0.39 is 12.0 Å². The molecule has 1 rings (SSSR count). The summed E-state index contributed by atoms with van der Waals surface area (Å²) in [6.45, 7) is 6.52. The number of rotatable bonds is 4. The fraction of sp³-hybridized carbons (Fsp3) is 0.750. The monoisotopic (exact) mass is 271 g/mol. The number of carboxylic acids is 1. The van der Waals surface area contributed by atoms with Crippen LogP contribution >= 0.6 is 0 Å². The van der Waals surface area contributed by atoms with Crippen molar-refractivity contribution in [3.8, 4) is 0 Å². The van der Waals surface area contributed by atoms with Gasteiger partial charge in [-0.15, -0.1) is 0 Å². The van der Waals surface area contributed by atoms with E-state index in [-0.39, 0.29) is 30.3 Å². The molecule has 1 fully saturated rings. The molecule has 0 saturated carbocycles.